The molecule has 5 heteroatoms. The van der Waals surface area contributed by atoms with Crippen LogP contribution in [0.1, 0.15) is 39.5 Å². The Kier molecular flexibility index (Phi) is 6.73. The van der Waals surface area contributed by atoms with Crippen LogP contribution in [-0.2, 0) is 0 Å². The van der Waals surface area contributed by atoms with Gasteiger partial charge in [0, 0.05) is 13.1 Å². The molecule has 0 atom stereocenters. The van der Waals surface area contributed by atoms with Crippen molar-refractivity contribution in [2.75, 3.05) is 30.0 Å². The Morgan fingerprint density at radius 3 is 2.29 bits per heavy atom. The predicted molar refractivity (Wildman–Crippen MR) is 80.3 cm³/mol. The minimum absolute atomic E-state index is 0.690. The van der Waals surface area contributed by atoms with Crippen molar-refractivity contribution in [2.45, 2.75) is 44.4 Å². The molecule has 0 aliphatic rings. The summed E-state index contributed by atoms with van der Waals surface area (Å²) >= 11 is 3.25. The third-order valence-electron chi connectivity index (χ3n) is 2.71. The second-order valence-corrected chi connectivity index (χ2v) is 5.67. The lowest BCUT2D eigenvalue weighted by atomic mass is 10.2. The van der Waals surface area contributed by atoms with Gasteiger partial charge >= 0.3 is 0 Å². The Morgan fingerprint density at radius 1 is 1.24 bits per heavy atom. The molecule has 0 aliphatic carbocycles. The van der Waals surface area contributed by atoms with E-state index >= 15 is 0 Å². The van der Waals surface area contributed by atoms with Gasteiger partial charge < -0.3 is 10.6 Å². The Bertz CT molecular complexity index is 318. The van der Waals surface area contributed by atoms with Crippen LogP contribution >= 0.6 is 23.3 Å². The fourth-order valence-electron chi connectivity index (χ4n) is 1.69. The average molecular weight is 273 g/mol. The topological polar surface area (TPSA) is 42.2 Å². The minimum Gasteiger partial charge on any atom is -0.382 e. The summed E-state index contributed by atoms with van der Waals surface area (Å²) in [6, 6.07) is 0. The molecule has 98 valence electrons. The van der Waals surface area contributed by atoms with Crippen molar-refractivity contribution in [3.05, 3.63) is 0 Å². The third-order valence-corrected chi connectivity index (χ3v) is 4.58. The quantitative estimate of drug-likeness (QED) is 0.730. The van der Waals surface area contributed by atoms with Gasteiger partial charge in [-0.2, -0.15) is 4.37 Å². The van der Waals surface area contributed by atoms with E-state index in [0.29, 0.717) is 5.82 Å². The van der Waals surface area contributed by atoms with Gasteiger partial charge in [0.25, 0.3) is 0 Å². The van der Waals surface area contributed by atoms with Crippen LogP contribution < -0.4 is 10.6 Å². The predicted octanol–water partition coefficient (Wildman–Crippen LogP) is 3.85. The highest BCUT2D eigenvalue weighted by Crippen LogP contribution is 2.37. The minimum atomic E-state index is 0.690. The van der Waals surface area contributed by atoms with Crippen LogP contribution in [0.15, 0.2) is 4.90 Å². The van der Waals surface area contributed by atoms with E-state index in [0.717, 1.165) is 18.0 Å². The molecule has 0 bridgehead atoms. The Hall–Kier alpha value is -0.420. The Morgan fingerprint density at radius 2 is 1.82 bits per heavy atom. The summed E-state index contributed by atoms with van der Waals surface area (Å²) in [6.45, 7) is 6.69. The van der Waals surface area contributed by atoms with Crippen LogP contribution in [0, 0.1) is 0 Å². The van der Waals surface area contributed by atoms with Crippen molar-refractivity contribution >= 4 is 34.1 Å². The molecule has 1 heterocycles. The number of anilines is 2. The standard InChI is InChI=1S/C12H23N3S2/c1-4-6-8-15(9-7-5-2)12-10(16-3)11(13)14-17-12/h4-9H2,1-3H3,(H2,13,14). The first-order valence-electron chi connectivity index (χ1n) is 6.28. The SMILES string of the molecule is CCCCN(CCCC)c1snc(N)c1SC. The zero-order valence-corrected chi connectivity index (χ0v) is 12.7. The van der Waals surface area contributed by atoms with Gasteiger partial charge in [-0.3, -0.25) is 0 Å². The van der Waals surface area contributed by atoms with Gasteiger partial charge in [0.1, 0.15) is 5.00 Å². The van der Waals surface area contributed by atoms with Crippen LogP contribution in [0.3, 0.4) is 0 Å². The number of hydrogen-bond donors (Lipinski definition) is 1. The van der Waals surface area contributed by atoms with E-state index in [1.807, 2.05) is 0 Å². The number of nitrogens with zero attached hydrogens (tertiary/aromatic N) is 2. The molecule has 1 aromatic heterocycles. The van der Waals surface area contributed by atoms with Crippen LogP contribution in [0.5, 0.6) is 0 Å². The first-order chi connectivity index (χ1) is 8.24. The molecule has 0 spiro atoms. The number of thioether (sulfide) groups is 1. The molecule has 0 unspecified atom stereocenters. The molecule has 0 aliphatic heterocycles. The molecule has 0 radical (unpaired) electrons. The zero-order chi connectivity index (χ0) is 12.7. The summed E-state index contributed by atoms with van der Waals surface area (Å²) in [7, 11) is 0. The van der Waals surface area contributed by atoms with Gasteiger partial charge in [0.05, 0.1) is 4.90 Å². The third kappa shape index (κ3) is 4.07. The van der Waals surface area contributed by atoms with Gasteiger partial charge in [0.2, 0.25) is 0 Å². The maximum absolute atomic E-state index is 5.90. The largest absolute Gasteiger partial charge is 0.382 e. The molecule has 0 aromatic carbocycles. The van der Waals surface area contributed by atoms with Crippen molar-refractivity contribution in [1.29, 1.82) is 0 Å². The van der Waals surface area contributed by atoms with Gasteiger partial charge in [-0.1, -0.05) is 26.7 Å². The second kappa shape index (κ2) is 7.82. The highest BCUT2D eigenvalue weighted by atomic mass is 32.2. The summed E-state index contributed by atoms with van der Waals surface area (Å²) in [5.41, 5.74) is 5.90. The van der Waals surface area contributed by atoms with Crippen LogP contribution in [-0.4, -0.2) is 23.7 Å². The summed E-state index contributed by atoms with van der Waals surface area (Å²) in [4.78, 5) is 3.61. The van der Waals surface area contributed by atoms with Crippen molar-refractivity contribution in [3.8, 4) is 0 Å². The van der Waals surface area contributed by atoms with Crippen LogP contribution in [0.25, 0.3) is 0 Å². The number of nitrogen functional groups attached to an aromatic ring is 1. The molecule has 17 heavy (non-hydrogen) atoms. The maximum Gasteiger partial charge on any atom is 0.153 e. The molecule has 0 saturated carbocycles. The van der Waals surface area contributed by atoms with Crippen LogP contribution in [0.4, 0.5) is 10.8 Å². The highest BCUT2D eigenvalue weighted by molar-refractivity contribution is 7.99. The van der Waals surface area contributed by atoms with E-state index in [9.17, 15) is 0 Å². The first kappa shape index (κ1) is 14.6. The van der Waals surface area contributed by atoms with E-state index in [1.165, 1.54) is 42.2 Å². The molecular formula is C12H23N3S2. The van der Waals surface area contributed by atoms with Gasteiger partial charge in [-0.15, -0.1) is 11.8 Å². The molecule has 1 rings (SSSR count). The molecule has 0 amide bonds. The number of hydrogen-bond acceptors (Lipinski definition) is 5. The number of nitrogens with two attached hydrogens (primary N) is 1. The Labute approximate surface area is 113 Å². The fraction of sp³-hybridized carbons (Fsp3) is 0.750. The summed E-state index contributed by atoms with van der Waals surface area (Å²) in [5, 5.41) is 1.26. The summed E-state index contributed by atoms with van der Waals surface area (Å²) in [5.74, 6) is 0.690. The molecule has 3 nitrogen and oxygen atoms in total. The maximum atomic E-state index is 5.90. The van der Waals surface area contributed by atoms with Crippen LogP contribution in [0.2, 0.25) is 0 Å². The second-order valence-electron chi connectivity index (χ2n) is 4.10. The summed E-state index contributed by atoms with van der Waals surface area (Å²) in [6.07, 6.45) is 6.99. The van der Waals surface area contributed by atoms with E-state index in [1.54, 1.807) is 11.8 Å². The van der Waals surface area contributed by atoms with E-state index in [4.69, 9.17) is 5.73 Å². The first-order valence-corrected chi connectivity index (χ1v) is 8.28. The van der Waals surface area contributed by atoms with Gasteiger partial charge in [-0.05, 0) is 30.6 Å². The molecule has 1 aromatic rings. The fourth-order valence-corrected chi connectivity index (χ4v) is 3.43. The molecule has 0 fully saturated rings. The van der Waals surface area contributed by atoms with Crippen molar-refractivity contribution in [2.24, 2.45) is 0 Å². The number of rotatable bonds is 8. The normalized spacial score (nSPS) is 10.8. The van der Waals surface area contributed by atoms with E-state index in [-0.39, 0.29) is 0 Å². The van der Waals surface area contributed by atoms with Gasteiger partial charge in [-0.25, -0.2) is 0 Å². The van der Waals surface area contributed by atoms with Crippen molar-refractivity contribution < 1.29 is 0 Å². The zero-order valence-electron chi connectivity index (χ0n) is 11.0. The van der Waals surface area contributed by atoms with Crippen molar-refractivity contribution in [1.82, 2.24) is 4.37 Å². The number of unbranched alkanes of at least 4 members (excludes halogenated alkanes) is 2. The summed E-state index contributed by atoms with van der Waals surface area (Å²) < 4.78 is 4.28. The molecule has 0 saturated heterocycles. The van der Waals surface area contributed by atoms with E-state index in [2.05, 4.69) is 29.4 Å². The van der Waals surface area contributed by atoms with E-state index < -0.39 is 0 Å². The lowest BCUT2D eigenvalue weighted by molar-refractivity contribution is 0.679. The lowest BCUT2D eigenvalue weighted by Gasteiger charge is -2.23. The molecular weight excluding hydrogens is 250 g/mol. The lowest BCUT2D eigenvalue weighted by Crippen LogP contribution is -2.25. The number of aromatic nitrogens is 1. The average Bonchev–Trinajstić information content (AvgIpc) is 2.70. The highest BCUT2D eigenvalue weighted by Gasteiger charge is 2.16. The molecule has 2 N–H and O–H groups in total. The van der Waals surface area contributed by atoms with Crippen molar-refractivity contribution in [3.63, 3.8) is 0 Å². The Balaban J connectivity index is 2.78. The monoisotopic (exact) mass is 273 g/mol. The van der Waals surface area contributed by atoms with Gasteiger partial charge in [0.15, 0.2) is 5.82 Å². The smallest absolute Gasteiger partial charge is 0.153 e.